The van der Waals surface area contributed by atoms with Crippen molar-refractivity contribution in [1.29, 1.82) is 0 Å². The summed E-state index contributed by atoms with van der Waals surface area (Å²) in [5.41, 5.74) is 0.248. The highest BCUT2D eigenvalue weighted by atomic mass is 16.6. The van der Waals surface area contributed by atoms with Crippen LogP contribution in [0.25, 0.3) is 0 Å². The van der Waals surface area contributed by atoms with Gasteiger partial charge in [-0.05, 0) is 30.7 Å². The molecule has 0 amide bonds. The lowest BCUT2D eigenvalue weighted by atomic mass is 10.0. The number of carbonyl (C=O) groups excluding carboxylic acids is 3. The van der Waals surface area contributed by atoms with Gasteiger partial charge in [0.2, 0.25) is 0 Å². The summed E-state index contributed by atoms with van der Waals surface area (Å²) < 4.78 is 10.0. The highest BCUT2D eigenvalue weighted by molar-refractivity contribution is 6.03. The average Bonchev–Trinajstić information content (AvgIpc) is 2.61. The van der Waals surface area contributed by atoms with Crippen LogP contribution in [-0.2, 0) is 14.3 Å². The molecule has 124 valence electrons. The monoisotopic (exact) mass is 326 g/mol. The Morgan fingerprint density at radius 2 is 1.46 bits per heavy atom. The van der Waals surface area contributed by atoms with Crippen LogP contribution >= 0.6 is 0 Å². The van der Waals surface area contributed by atoms with Crippen molar-refractivity contribution in [3.8, 4) is 5.75 Å². The molecule has 2 aromatic carbocycles. The first-order valence-electron chi connectivity index (χ1n) is 7.69. The van der Waals surface area contributed by atoms with Crippen molar-refractivity contribution >= 4 is 17.9 Å². The highest BCUT2D eigenvalue weighted by Gasteiger charge is 2.31. The van der Waals surface area contributed by atoms with E-state index in [0.717, 1.165) is 0 Å². The van der Waals surface area contributed by atoms with Crippen molar-refractivity contribution < 1.29 is 23.9 Å². The van der Waals surface area contributed by atoms with Crippen molar-refractivity contribution in [2.24, 2.45) is 5.92 Å². The third-order valence-electron chi connectivity index (χ3n) is 3.31. The van der Waals surface area contributed by atoms with Gasteiger partial charge in [0.05, 0.1) is 5.56 Å². The summed E-state index contributed by atoms with van der Waals surface area (Å²) in [6, 6.07) is 16.6. The maximum atomic E-state index is 12.2. The molecule has 0 N–H and O–H groups in total. The number of benzene rings is 2. The summed E-state index contributed by atoms with van der Waals surface area (Å²) in [5.74, 6) is -3.21. The lowest BCUT2D eigenvalue weighted by Gasteiger charge is -2.13. The second-order valence-corrected chi connectivity index (χ2v) is 5.15. The zero-order valence-corrected chi connectivity index (χ0v) is 13.3. The first-order chi connectivity index (χ1) is 11.6. The summed E-state index contributed by atoms with van der Waals surface area (Å²) in [7, 11) is 0. The van der Waals surface area contributed by atoms with Gasteiger partial charge in [0, 0.05) is 0 Å². The number of esters is 3. The van der Waals surface area contributed by atoms with E-state index in [2.05, 4.69) is 0 Å². The van der Waals surface area contributed by atoms with Crippen LogP contribution in [-0.4, -0.2) is 17.9 Å². The minimum atomic E-state index is -1.14. The van der Waals surface area contributed by atoms with E-state index in [1.54, 1.807) is 48.5 Å². The van der Waals surface area contributed by atoms with Crippen LogP contribution in [0.5, 0.6) is 5.75 Å². The van der Waals surface area contributed by atoms with E-state index < -0.39 is 23.8 Å². The molecule has 0 aliphatic rings. The molecule has 0 aliphatic carbocycles. The summed E-state index contributed by atoms with van der Waals surface area (Å²) >= 11 is 0. The molecule has 0 heterocycles. The number of ether oxygens (including phenoxy) is 2. The van der Waals surface area contributed by atoms with Crippen LogP contribution in [0.2, 0.25) is 0 Å². The van der Waals surface area contributed by atoms with Crippen molar-refractivity contribution in [2.45, 2.75) is 19.8 Å². The second kappa shape index (κ2) is 8.62. The molecule has 0 saturated carbocycles. The van der Waals surface area contributed by atoms with E-state index in [-0.39, 0.29) is 12.0 Å². The summed E-state index contributed by atoms with van der Waals surface area (Å²) in [4.78, 5) is 36.4. The summed E-state index contributed by atoms with van der Waals surface area (Å²) in [5, 5.41) is 0. The molecule has 0 spiro atoms. The van der Waals surface area contributed by atoms with Crippen LogP contribution in [0, 0.1) is 5.92 Å². The van der Waals surface area contributed by atoms with Crippen LogP contribution in [0.3, 0.4) is 0 Å². The first kappa shape index (κ1) is 17.4. The Morgan fingerprint density at radius 3 is 2.04 bits per heavy atom. The molecule has 0 fully saturated rings. The Morgan fingerprint density at radius 1 is 0.875 bits per heavy atom. The average molecular weight is 326 g/mol. The van der Waals surface area contributed by atoms with Gasteiger partial charge in [-0.15, -0.1) is 0 Å². The topological polar surface area (TPSA) is 69.7 Å². The lowest BCUT2D eigenvalue weighted by molar-refractivity contribution is -0.153. The largest absolute Gasteiger partial charge is 0.426 e. The highest BCUT2D eigenvalue weighted by Crippen LogP contribution is 2.16. The van der Waals surface area contributed by atoms with Gasteiger partial charge in [-0.3, -0.25) is 9.59 Å². The first-order valence-corrected chi connectivity index (χ1v) is 7.69. The Balaban J connectivity index is 2.04. The standard InChI is InChI=1S/C19H18O5/c1-2-9-16(18(21)23-15-12-7-4-8-13-15)19(22)24-17(20)14-10-5-3-6-11-14/h3-8,10-13,16H,2,9H2,1H3. The van der Waals surface area contributed by atoms with Gasteiger partial charge >= 0.3 is 17.9 Å². The Kier molecular flexibility index (Phi) is 6.25. The van der Waals surface area contributed by atoms with Crippen LogP contribution in [0.4, 0.5) is 0 Å². The fraction of sp³-hybridized carbons (Fsp3) is 0.211. The summed E-state index contributed by atoms with van der Waals surface area (Å²) in [6.45, 7) is 1.83. The third kappa shape index (κ3) is 4.78. The van der Waals surface area contributed by atoms with Crippen molar-refractivity contribution in [2.75, 3.05) is 0 Å². The predicted molar refractivity (Wildman–Crippen MR) is 87.3 cm³/mol. The normalized spacial score (nSPS) is 11.4. The van der Waals surface area contributed by atoms with Crippen molar-refractivity contribution in [1.82, 2.24) is 0 Å². The SMILES string of the molecule is CCCC(C(=O)OC(=O)c1ccccc1)C(=O)Oc1ccccc1. The van der Waals surface area contributed by atoms with Gasteiger partial charge in [0.15, 0.2) is 5.92 Å². The Labute approximate surface area is 140 Å². The van der Waals surface area contributed by atoms with Gasteiger partial charge < -0.3 is 9.47 Å². The van der Waals surface area contributed by atoms with E-state index in [9.17, 15) is 14.4 Å². The maximum Gasteiger partial charge on any atom is 0.345 e. The molecule has 0 saturated heterocycles. The number of carbonyl (C=O) groups is 3. The molecule has 0 aromatic heterocycles. The fourth-order valence-electron chi connectivity index (χ4n) is 2.09. The van der Waals surface area contributed by atoms with Gasteiger partial charge in [0.1, 0.15) is 5.75 Å². The quantitative estimate of drug-likeness (QED) is 0.462. The van der Waals surface area contributed by atoms with Crippen molar-refractivity contribution in [3.05, 3.63) is 66.2 Å². The fourth-order valence-corrected chi connectivity index (χ4v) is 2.09. The molecule has 0 bridgehead atoms. The molecular weight excluding hydrogens is 308 g/mol. The molecule has 1 unspecified atom stereocenters. The van der Waals surface area contributed by atoms with Gasteiger partial charge in [-0.1, -0.05) is 49.7 Å². The van der Waals surface area contributed by atoms with Crippen LogP contribution in [0.1, 0.15) is 30.1 Å². The third-order valence-corrected chi connectivity index (χ3v) is 3.31. The van der Waals surface area contributed by atoms with E-state index >= 15 is 0 Å². The van der Waals surface area contributed by atoms with Gasteiger partial charge in [-0.25, -0.2) is 4.79 Å². The molecule has 0 aliphatic heterocycles. The van der Waals surface area contributed by atoms with Gasteiger partial charge in [0.25, 0.3) is 0 Å². The number of hydrogen-bond acceptors (Lipinski definition) is 5. The van der Waals surface area contributed by atoms with E-state index in [4.69, 9.17) is 9.47 Å². The van der Waals surface area contributed by atoms with E-state index in [1.165, 1.54) is 12.1 Å². The Bertz CT molecular complexity index is 694. The molecule has 0 radical (unpaired) electrons. The van der Waals surface area contributed by atoms with E-state index in [1.807, 2.05) is 6.92 Å². The Hall–Kier alpha value is -2.95. The van der Waals surface area contributed by atoms with E-state index in [0.29, 0.717) is 12.2 Å². The molecule has 5 nitrogen and oxygen atoms in total. The van der Waals surface area contributed by atoms with Crippen molar-refractivity contribution in [3.63, 3.8) is 0 Å². The van der Waals surface area contributed by atoms with Crippen LogP contribution < -0.4 is 4.74 Å². The number of para-hydroxylation sites is 1. The maximum absolute atomic E-state index is 12.2. The van der Waals surface area contributed by atoms with Crippen LogP contribution in [0.15, 0.2) is 60.7 Å². The zero-order valence-electron chi connectivity index (χ0n) is 13.3. The molecule has 2 rings (SSSR count). The predicted octanol–water partition coefficient (Wildman–Crippen LogP) is 3.39. The smallest absolute Gasteiger partial charge is 0.345 e. The minimum absolute atomic E-state index is 0.243. The minimum Gasteiger partial charge on any atom is -0.426 e. The van der Waals surface area contributed by atoms with Gasteiger partial charge in [-0.2, -0.15) is 0 Å². The zero-order chi connectivity index (χ0) is 17.4. The summed E-state index contributed by atoms with van der Waals surface area (Å²) in [6.07, 6.45) is 0.815. The number of rotatable bonds is 6. The molecule has 24 heavy (non-hydrogen) atoms. The number of hydrogen-bond donors (Lipinski definition) is 0. The molecular formula is C19H18O5. The molecule has 1 atom stereocenters. The molecule has 5 heteroatoms. The molecule has 2 aromatic rings. The lowest BCUT2D eigenvalue weighted by Crippen LogP contribution is -2.31. The second-order valence-electron chi connectivity index (χ2n) is 5.15.